The highest BCUT2D eigenvalue weighted by atomic mass is 16.3. The van der Waals surface area contributed by atoms with Crippen LogP contribution < -0.4 is 5.32 Å². The Balaban J connectivity index is 3.15. The molecule has 0 fully saturated rings. The van der Waals surface area contributed by atoms with E-state index in [1.54, 1.807) is 25.9 Å². The van der Waals surface area contributed by atoms with E-state index in [0.29, 0.717) is 6.42 Å². The number of hydrogen-bond acceptors (Lipinski definition) is 3. The van der Waals surface area contributed by atoms with Crippen LogP contribution in [0.15, 0.2) is 0 Å². The summed E-state index contributed by atoms with van der Waals surface area (Å²) in [5.41, 5.74) is 0. The first kappa shape index (κ1) is 14.4. The molecule has 0 aliphatic heterocycles. The number of aliphatic hydroxyl groups excluding tert-OH is 1. The number of amides is 1. The van der Waals surface area contributed by atoms with Crippen molar-refractivity contribution in [3.8, 4) is 0 Å². The molecule has 1 amide bonds. The first-order chi connectivity index (χ1) is 7.04. The van der Waals surface area contributed by atoms with Gasteiger partial charge in [-0.15, -0.1) is 0 Å². The Kier molecular flexibility index (Phi) is 8.33. The van der Waals surface area contributed by atoms with Gasteiger partial charge in [0.05, 0.1) is 6.10 Å². The molecule has 0 aromatic heterocycles. The molecule has 0 heterocycles. The van der Waals surface area contributed by atoms with E-state index in [4.69, 9.17) is 5.11 Å². The van der Waals surface area contributed by atoms with E-state index < -0.39 is 0 Å². The van der Waals surface area contributed by atoms with Crippen LogP contribution in [-0.2, 0) is 4.79 Å². The lowest BCUT2D eigenvalue weighted by atomic mass is 10.2. The number of aliphatic hydroxyl groups is 1. The van der Waals surface area contributed by atoms with Crippen molar-refractivity contribution < 1.29 is 9.90 Å². The minimum Gasteiger partial charge on any atom is -0.393 e. The summed E-state index contributed by atoms with van der Waals surface area (Å²) in [4.78, 5) is 12.8. The summed E-state index contributed by atoms with van der Waals surface area (Å²) >= 11 is 0. The zero-order chi connectivity index (χ0) is 11.7. The smallest absolute Gasteiger partial charge is 0.222 e. The average Bonchev–Trinajstić information content (AvgIpc) is 2.15. The summed E-state index contributed by atoms with van der Waals surface area (Å²) in [7, 11) is 3.55. The van der Waals surface area contributed by atoms with Gasteiger partial charge in [-0.1, -0.05) is 0 Å². The molecule has 0 spiro atoms. The van der Waals surface area contributed by atoms with Gasteiger partial charge in [0.15, 0.2) is 0 Å². The molecule has 4 nitrogen and oxygen atoms in total. The quantitative estimate of drug-likeness (QED) is 0.584. The topological polar surface area (TPSA) is 52.6 Å². The van der Waals surface area contributed by atoms with E-state index in [0.717, 1.165) is 32.4 Å². The van der Waals surface area contributed by atoms with Crippen LogP contribution in [0.2, 0.25) is 0 Å². The van der Waals surface area contributed by atoms with Crippen LogP contribution in [0, 0.1) is 0 Å². The minimum atomic E-state index is -0.206. The van der Waals surface area contributed by atoms with Crippen molar-refractivity contribution in [3.05, 3.63) is 0 Å². The zero-order valence-corrected chi connectivity index (χ0v) is 10.1. The predicted octanol–water partition coefficient (Wildman–Crippen LogP) is 0.605. The average molecular weight is 216 g/mol. The van der Waals surface area contributed by atoms with Crippen molar-refractivity contribution in [2.45, 2.75) is 38.7 Å². The maximum atomic E-state index is 11.2. The van der Waals surface area contributed by atoms with Crippen LogP contribution >= 0.6 is 0 Å². The SMILES string of the molecule is CC(O)CCCNCCCC(=O)N(C)C. The highest BCUT2D eigenvalue weighted by Crippen LogP contribution is 1.95. The Morgan fingerprint density at radius 3 is 2.47 bits per heavy atom. The van der Waals surface area contributed by atoms with Gasteiger partial charge in [0.2, 0.25) is 5.91 Å². The summed E-state index contributed by atoms with van der Waals surface area (Å²) in [6, 6.07) is 0. The van der Waals surface area contributed by atoms with Gasteiger partial charge in [-0.25, -0.2) is 0 Å². The zero-order valence-electron chi connectivity index (χ0n) is 10.1. The second-order valence-electron chi connectivity index (χ2n) is 4.13. The lowest BCUT2D eigenvalue weighted by molar-refractivity contribution is -0.128. The highest BCUT2D eigenvalue weighted by molar-refractivity contribution is 5.75. The van der Waals surface area contributed by atoms with E-state index in [2.05, 4.69) is 5.32 Å². The van der Waals surface area contributed by atoms with Crippen molar-refractivity contribution in [2.24, 2.45) is 0 Å². The molecule has 0 aromatic rings. The molecule has 0 saturated heterocycles. The van der Waals surface area contributed by atoms with E-state index >= 15 is 0 Å². The lowest BCUT2D eigenvalue weighted by Crippen LogP contribution is -2.24. The number of nitrogens with zero attached hydrogens (tertiary/aromatic N) is 1. The van der Waals surface area contributed by atoms with Crippen molar-refractivity contribution in [1.29, 1.82) is 0 Å². The van der Waals surface area contributed by atoms with Gasteiger partial charge in [0, 0.05) is 20.5 Å². The Morgan fingerprint density at radius 1 is 1.33 bits per heavy atom. The first-order valence-electron chi connectivity index (χ1n) is 5.63. The maximum absolute atomic E-state index is 11.2. The molecule has 0 bridgehead atoms. The lowest BCUT2D eigenvalue weighted by Gasteiger charge is -2.10. The van der Waals surface area contributed by atoms with E-state index in [-0.39, 0.29) is 12.0 Å². The summed E-state index contributed by atoms with van der Waals surface area (Å²) in [6.07, 6.45) is 3.10. The van der Waals surface area contributed by atoms with Crippen LogP contribution in [0.4, 0.5) is 0 Å². The second kappa shape index (κ2) is 8.68. The Morgan fingerprint density at radius 2 is 1.93 bits per heavy atom. The molecule has 2 N–H and O–H groups in total. The number of carbonyl (C=O) groups excluding carboxylic acids is 1. The molecule has 90 valence electrons. The van der Waals surface area contributed by atoms with Crippen LogP contribution in [0.1, 0.15) is 32.6 Å². The van der Waals surface area contributed by atoms with Crippen LogP contribution in [0.25, 0.3) is 0 Å². The maximum Gasteiger partial charge on any atom is 0.222 e. The standard InChI is InChI=1S/C11H24N2O2/c1-10(14)6-4-8-12-9-5-7-11(15)13(2)3/h10,12,14H,4-9H2,1-3H3. The summed E-state index contributed by atoms with van der Waals surface area (Å²) in [6.45, 7) is 3.59. The number of nitrogens with one attached hydrogen (secondary N) is 1. The van der Waals surface area contributed by atoms with Gasteiger partial charge in [-0.05, 0) is 39.3 Å². The van der Waals surface area contributed by atoms with E-state index in [1.165, 1.54) is 0 Å². The third kappa shape index (κ3) is 9.69. The minimum absolute atomic E-state index is 0.181. The number of carbonyl (C=O) groups is 1. The van der Waals surface area contributed by atoms with E-state index in [1.807, 2.05) is 0 Å². The van der Waals surface area contributed by atoms with Gasteiger partial charge >= 0.3 is 0 Å². The summed E-state index contributed by atoms with van der Waals surface area (Å²) in [5.74, 6) is 0.181. The van der Waals surface area contributed by atoms with Gasteiger partial charge in [0.25, 0.3) is 0 Å². The van der Waals surface area contributed by atoms with E-state index in [9.17, 15) is 4.79 Å². The first-order valence-corrected chi connectivity index (χ1v) is 5.63. The fraction of sp³-hybridized carbons (Fsp3) is 0.909. The molecule has 0 aromatic carbocycles. The van der Waals surface area contributed by atoms with Gasteiger partial charge < -0.3 is 15.3 Å². The summed E-state index contributed by atoms with van der Waals surface area (Å²) < 4.78 is 0. The fourth-order valence-electron chi connectivity index (χ4n) is 1.24. The van der Waals surface area contributed by atoms with Crippen LogP contribution in [-0.4, -0.2) is 49.2 Å². The third-order valence-electron chi connectivity index (χ3n) is 2.22. The van der Waals surface area contributed by atoms with Crippen LogP contribution in [0.5, 0.6) is 0 Å². The molecule has 15 heavy (non-hydrogen) atoms. The molecule has 1 unspecified atom stereocenters. The predicted molar refractivity (Wildman–Crippen MR) is 61.7 cm³/mol. The Hall–Kier alpha value is -0.610. The molecular formula is C11H24N2O2. The molecule has 0 radical (unpaired) electrons. The molecule has 0 aliphatic carbocycles. The van der Waals surface area contributed by atoms with Gasteiger partial charge in [0.1, 0.15) is 0 Å². The van der Waals surface area contributed by atoms with Gasteiger partial charge in [-0.2, -0.15) is 0 Å². The highest BCUT2D eigenvalue weighted by Gasteiger charge is 2.02. The molecule has 1 atom stereocenters. The Labute approximate surface area is 92.7 Å². The van der Waals surface area contributed by atoms with Crippen molar-refractivity contribution in [1.82, 2.24) is 10.2 Å². The molecule has 0 rings (SSSR count). The number of hydrogen-bond donors (Lipinski definition) is 2. The largest absolute Gasteiger partial charge is 0.393 e. The van der Waals surface area contributed by atoms with Crippen LogP contribution in [0.3, 0.4) is 0 Å². The number of rotatable bonds is 8. The second-order valence-corrected chi connectivity index (χ2v) is 4.13. The van der Waals surface area contributed by atoms with Gasteiger partial charge in [-0.3, -0.25) is 4.79 Å². The molecule has 0 aliphatic rings. The third-order valence-corrected chi connectivity index (χ3v) is 2.22. The Bertz CT molecular complexity index is 170. The molecule has 0 saturated carbocycles. The monoisotopic (exact) mass is 216 g/mol. The van der Waals surface area contributed by atoms with Crippen molar-refractivity contribution in [2.75, 3.05) is 27.2 Å². The molecule has 4 heteroatoms. The van der Waals surface area contributed by atoms with Crippen molar-refractivity contribution in [3.63, 3.8) is 0 Å². The fourth-order valence-corrected chi connectivity index (χ4v) is 1.24. The summed E-state index contributed by atoms with van der Waals surface area (Å²) in [5, 5.41) is 12.3. The molecular weight excluding hydrogens is 192 g/mol. The van der Waals surface area contributed by atoms with Crippen molar-refractivity contribution >= 4 is 5.91 Å². The normalized spacial score (nSPS) is 12.5.